The highest BCUT2D eigenvalue weighted by atomic mass is 19.3. The minimum atomic E-state index is -3.48. The molecule has 1 aliphatic rings. The molecule has 7 nitrogen and oxygen atoms in total. The fraction of sp³-hybridized carbons (Fsp3) is 0.565. The molecule has 2 rings (SSSR count). The van der Waals surface area contributed by atoms with E-state index in [1.165, 1.54) is 12.1 Å². The van der Waals surface area contributed by atoms with E-state index in [9.17, 15) is 9.59 Å². The van der Waals surface area contributed by atoms with Crippen LogP contribution in [-0.2, 0) is 30.3 Å². The van der Waals surface area contributed by atoms with Crippen LogP contribution < -0.4 is 0 Å². The van der Waals surface area contributed by atoms with Gasteiger partial charge in [-0.15, -0.1) is 0 Å². The van der Waals surface area contributed by atoms with E-state index in [0.29, 0.717) is 19.8 Å². The van der Waals surface area contributed by atoms with Crippen molar-refractivity contribution in [2.24, 2.45) is 0 Å². The van der Waals surface area contributed by atoms with E-state index in [2.05, 4.69) is 0 Å². The number of nitrogens with zero attached hydrogens (tertiary/aromatic N) is 1. The van der Waals surface area contributed by atoms with Gasteiger partial charge >= 0.3 is 12.1 Å². The molecule has 178 valence electrons. The van der Waals surface area contributed by atoms with Crippen molar-refractivity contribution in [3.05, 3.63) is 41.0 Å². The Hall–Kier alpha value is -2.52. The van der Waals surface area contributed by atoms with Gasteiger partial charge in [-0.25, -0.2) is 9.59 Å². The molecule has 1 aliphatic heterocycles. The fourth-order valence-electron chi connectivity index (χ4n) is 3.19. The van der Waals surface area contributed by atoms with Crippen LogP contribution in [0, 0.1) is 0 Å². The Kier molecular flexibility index (Phi) is 8.74. The SMILES string of the molecule is CCOC(=O)C1=C(c2ccc(COCCOC)cc2)C(F)(F)CN(C(=O)OC(C)(C)C)C1. The number of alkyl halides is 2. The normalized spacial score (nSPS) is 16.2. The van der Waals surface area contributed by atoms with Crippen molar-refractivity contribution in [3.63, 3.8) is 0 Å². The summed E-state index contributed by atoms with van der Waals surface area (Å²) in [6, 6.07) is 6.35. The Morgan fingerprint density at radius 2 is 1.78 bits per heavy atom. The second-order valence-electron chi connectivity index (χ2n) is 8.36. The molecule has 0 N–H and O–H groups in total. The summed E-state index contributed by atoms with van der Waals surface area (Å²) in [5.74, 6) is -4.37. The summed E-state index contributed by atoms with van der Waals surface area (Å²) in [7, 11) is 1.57. The molecule has 0 spiro atoms. The molecule has 1 heterocycles. The Morgan fingerprint density at radius 1 is 1.12 bits per heavy atom. The number of methoxy groups -OCH3 is 1. The number of esters is 1. The van der Waals surface area contributed by atoms with Crippen LogP contribution in [0.1, 0.15) is 38.8 Å². The second kappa shape index (κ2) is 10.9. The van der Waals surface area contributed by atoms with Crippen LogP contribution in [0.2, 0.25) is 0 Å². The fourth-order valence-corrected chi connectivity index (χ4v) is 3.19. The maximum absolute atomic E-state index is 15.3. The number of carbonyl (C=O) groups is 2. The number of halogens is 2. The Labute approximate surface area is 187 Å². The third-order valence-corrected chi connectivity index (χ3v) is 4.52. The van der Waals surface area contributed by atoms with Gasteiger partial charge < -0.3 is 18.9 Å². The first-order valence-electron chi connectivity index (χ1n) is 10.4. The molecular formula is C23H31F2NO6. The summed E-state index contributed by atoms with van der Waals surface area (Å²) in [6.45, 7) is 6.46. The van der Waals surface area contributed by atoms with Crippen LogP contribution >= 0.6 is 0 Å². The zero-order valence-electron chi connectivity index (χ0n) is 19.2. The van der Waals surface area contributed by atoms with Gasteiger partial charge in [0.05, 0.1) is 45.1 Å². The quantitative estimate of drug-likeness (QED) is 0.435. The number of hydrogen-bond acceptors (Lipinski definition) is 6. The predicted octanol–water partition coefficient (Wildman–Crippen LogP) is 4.05. The van der Waals surface area contributed by atoms with E-state index in [4.69, 9.17) is 18.9 Å². The first kappa shape index (κ1) is 25.7. The Morgan fingerprint density at radius 3 is 2.34 bits per heavy atom. The van der Waals surface area contributed by atoms with Crippen LogP contribution in [0.4, 0.5) is 13.6 Å². The van der Waals surface area contributed by atoms with Gasteiger partial charge in [-0.3, -0.25) is 4.90 Å². The van der Waals surface area contributed by atoms with Crippen LogP contribution in [0.5, 0.6) is 0 Å². The largest absolute Gasteiger partial charge is 0.463 e. The zero-order valence-corrected chi connectivity index (χ0v) is 19.2. The number of rotatable bonds is 8. The summed E-state index contributed by atoms with van der Waals surface area (Å²) in [6.07, 6.45) is -0.915. The van der Waals surface area contributed by atoms with E-state index >= 15 is 8.78 Å². The molecule has 0 bridgehead atoms. The first-order valence-corrected chi connectivity index (χ1v) is 10.4. The lowest BCUT2D eigenvalue weighted by Crippen LogP contribution is -2.49. The molecule has 0 unspecified atom stereocenters. The highest BCUT2D eigenvalue weighted by Gasteiger charge is 2.47. The summed E-state index contributed by atoms with van der Waals surface area (Å²) >= 11 is 0. The maximum atomic E-state index is 15.3. The molecule has 0 saturated heterocycles. The van der Waals surface area contributed by atoms with Crippen LogP contribution in [-0.4, -0.2) is 68.5 Å². The molecule has 0 fully saturated rings. The smallest absolute Gasteiger partial charge is 0.410 e. The summed E-state index contributed by atoms with van der Waals surface area (Å²) in [4.78, 5) is 25.8. The van der Waals surface area contributed by atoms with Crippen molar-refractivity contribution in [1.82, 2.24) is 4.90 Å². The molecule has 0 radical (unpaired) electrons. The van der Waals surface area contributed by atoms with Gasteiger partial charge in [0.1, 0.15) is 5.60 Å². The van der Waals surface area contributed by atoms with Crippen molar-refractivity contribution in [1.29, 1.82) is 0 Å². The third-order valence-electron chi connectivity index (χ3n) is 4.52. The monoisotopic (exact) mass is 455 g/mol. The predicted molar refractivity (Wildman–Crippen MR) is 114 cm³/mol. The average Bonchev–Trinajstić information content (AvgIpc) is 2.69. The lowest BCUT2D eigenvalue weighted by molar-refractivity contribution is -0.139. The maximum Gasteiger partial charge on any atom is 0.410 e. The van der Waals surface area contributed by atoms with Crippen LogP contribution in [0.3, 0.4) is 0 Å². The van der Waals surface area contributed by atoms with Crippen molar-refractivity contribution in [2.75, 3.05) is 40.0 Å². The molecule has 0 atom stereocenters. The molecule has 1 aromatic carbocycles. The van der Waals surface area contributed by atoms with Crippen molar-refractivity contribution < 1.29 is 37.3 Å². The van der Waals surface area contributed by atoms with E-state index in [-0.39, 0.29) is 24.3 Å². The minimum absolute atomic E-state index is 0.0192. The highest BCUT2D eigenvalue weighted by molar-refractivity contribution is 6.01. The lowest BCUT2D eigenvalue weighted by Gasteiger charge is -2.36. The molecule has 1 amide bonds. The van der Waals surface area contributed by atoms with Crippen LogP contribution in [0.25, 0.3) is 5.57 Å². The van der Waals surface area contributed by atoms with E-state index in [0.717, 1.165) is 10.5 Å². The van der Waals surface area contributed by atoms with Gasteiger partial charge in [-0.2, -0.15) is 8.78 Å². The number of benzene rings is 1. The summed E-state index contributed by atoms with van der Waals surface area (Å²) in [5, 5.41) is 0. The average molecular weight is 455 g/mol. The number of carbonyl (C=O) groups excluding carboxylic acids is 2. The highest BCUT2D eigenvalue weighted by Crippen LogP contribution is 2.40. The Balaban J connectivity index is 2.36. The van der Waals surface area contributed by atoms with Crippen molar-refractivity contribution in [2.45, 2.75) is 45.8 Å². The number of ether oxygens (including phenoxy) is 4. The van der Waals surface area contributed by atoms with Gasteiger partial charge in [0.25, 0.3) is 5.92 Å². The van der Waals surface area contributed by atoms with Gasteiger partial charge in [0.15, 0.2) is 0 Å². The summed E-state index contributed by atoms with van der Waals surface area (Å²) < 4.78 is 51.2. The van der Waals surface area contributed by atoms with Gasteiger partial charge in [-0.1, -0.05) is 24.3 Å². The number of hydrogen-bond donors (Lipinski definition) is 0. The molecule has 1 aromatic rings. The first-order chi connectivity index (χ1) is 15.0. The minimum Gasteiger partial charge on any atom is -0.463 e. The lowest BCUT2D eigenvalue weighted by atomic mass is 9.90. The third kappa shape index (κ3) is 7.00. The molecule has 32 heavy (non-hydrogen) atoms. The topological polar surface area (TPSA) is 74.3 Å². The standard InChI is InChI=1S/C23H31F2NO6/c1-6-31-20(27)18-13-26(21(28)32-22(2,3)4)15-23(24,25)19(18)17-9-7-16(8-10-17)14-30-12-11-29-5/h7-10H,6,11-15H2,1-5H3. The van der Waals surface area contributed by atoms with Crippen molar-refractivity contribution in [3.8, 4) is 0 Å². The van der Waals surface area contributed by atoms with E-state index in [1.54, 1.807) is 46.9 Å². The van der Waals surface area contributed by atoms with Gasteiger partial charge in [0, 0.05) is 12.7 Å². The molecule has 0 aliphatic carbocycles. The van der Waals surface area contributed by atoms with E-state index < -0.39 is 35.7 Å². The second-order valence-corrected chi connectivity index (χ2v) is 8.36. The van der Waals surface area contributed by atoms with Gasteiger partial charge in [-0.05, 0) is 38.8 Å². The zero-order chi connectivity index (χ0) is 23.9. The van der Waals surface area contributed by atoms with Gasteiger partial charge in [0.2, 0.25) is 0 Å². The molecule has 0 aromatic heterocycles. The van der Waals surface area contributed by atoms with Crippen molar-refractivity contribution >= 4 is 17.6 Å². The Bertz CT molecular complexity index is 830. The molecule has 9 heteroatoms. The molecular weight excluding hydrogens is 424 g/mol. The number of amides is 1. The summed E-state index contributed by atoms with van der Waals surface area (Å²) in [5.41, 5.74) is -0.595. The molecule has 0 saturated carbocycles. The van der Waals surface area contributed by atoms with Crippen LogP contribution in [0.15, 0.2) is 29.8 Å². The van der Waals surface area contributed by atoms with E-state index in [1.807, 2.05) is 0 Å².